The van der Waals surface area contributed by atoms with Crippen LogP contribution in [0.2, 0.25) is 0 Å². The number of nitrogens with one attached hydrogen (secondary N) is 2. The molecule has 2 rings (SSSR count). The summed E-state index contributed by atoms with van der Waals surface area (Å²) in [7, 11) is 1.57. The second-order valence-electron chi connectivity index (χ2n) is 6.68. The molecule has 0 bridgehead atoms. The van der Waals surface area contributed by atoms with Gasteiger partial charge < -0.3 is 20.1 Å². The van der Waals surface area contributed by atoms with Crippen LogP contribution < -0.4 is 20.1 Å². The fourth-order valence-electron chi connectivity index (χ4n) is 2.45. The SMILES string of the molecule is COc1ccccc1NC(=O)NCCOc1ccccc1C(C)(C)C. The van der Waals surface area contributed by atoms with Crippen molar-refractivity contribution >= 4 is 11.7 Å². The van der Waals surface area contributed by atoms with Crippen molar-refractivity contribution in [2.75, 3.05) is 25.6 Å². The molecule has 2 aromatic rings. The van der Waals surface area contributed by atoms with Gasteiger partial charge in [-0.05, 0) is 29.2 Å². The number of para-hydroxylation sites is 3. The Morgan fingerprint density at radius 3 is 2.32 bits per heavy atom. The summed E-state index contributed by atoms with van der Waals surface area (Å²) in [6, 6.07) is 15.0. The van der Waals surface area contributed by atoms with Gasteiger partial charge in [0.1, 0.15) is 18.1 Å². The van der Waals surface area contributed by atoms with E-state index < -0.39 is 0 Å². The van der Waals surface area contributed by atoms with Crippen LogP contribution in [0.4, 0.5) is 10.5 Å². The highest BCUT2D eigenvalue weighted by atomic mass is 16.5. The minimum Gasteiger partial charge on any atom is -0.495 e. The van der Waals surface area contributed by atoms with E-state index in [0.717, 1.165) is 11.3 Å². The van der Waals surface area contributed by atoms with Gasteiger partial charge in [0.25, 0.3) is 0 Å². The number of carbonyl (C=O) groups is 1. The van der Waals surface area contributed by atoms with Crippen LogP contribution in [0.1, 0.15) is 26.3 Å². The Bertz CT molecular complexity index is 708. The third-order valence-corrected chi connectivity index (χ3v) is 3.70. The highest BCUT2D eigenvalue weighted by molar-refractivity contribution is 5.90. The third kappa shape index (κ3) is 5.41. The second-order valence-corrected chi connectivity index (χ2v) is 6.68. The lowest BCUT2D eigenvalue weighted by atomic mass is 9.86. The molecule has 0 saturated heterocycles. The van der Waals surface area contributed by atoms with Crippen LogP contribution in [-0.2, 0) is 5.41 Å². The monoisotopic (exact) mass is 342 g/mol. The van der Waals surface area contributed by atoms with Gasteiger partial charge in [-0.1, -0.05) is 51.1 Å². The Hall–Kier alpha value is -2.69. The van der Waals surface area contributed by atoms with Gasteiger partial charge >= 0.3 is 6.03 Å². The summed E-state index contributed by atoms with van der Waals surface area (Å²) in [4.78, 5) is 12.0. The van der Waals surface area contributed by atoms with Crippen molar-refractivity contribution in [1.29, 1.82) is 0 Å². The summed E-state index contributed by atoms with van der Waals surface area (Å²) in [5.74, 6) is 1.47. The van der Waals surface area contributed by atoms with Gasteiger partial charge in [-0.15, -0.1) is 0 Å². The van der Waals surface area contributed by atoms with E-state index in [4.69, 9.17) is 9.47 Å². The molecule has 0 spiro atoms. The molecule has 0 aliphatic rings. The summed E-state index contributed by atoms with van der Waals surface area (Å²) in [5.41, 5.74) is 1.78. The maximum atomic E-state index is 12.0. The number of rotatable bonds is 6. The van der Waals surface area contributed by atoms with E-state index in [2.05, 4.69) is 37.5 Å². The molecule has 2 aromatic carbocycles. The number of benzene rings is 2. The van der Waals surface area contributed by atoms with Crippen LogP contribution in [0.3, 0.4) is 0 Å². The van der Waals surface area contributed by atoms with Crippen molar-refractivity contribution in [2.24, 2.45) is 0 Å². The van der Waals surface area contributed by atoms with E-state index in [9.17, 15) is 4.79 Å². The number of urea groups is 1. The number of hydrogen-bond donors (Lipinski definition) is 2. The molecule has 134 valence electrons. The standard InChI is InChI=1S/C20H26N2O3/c1-20(2,3)15-9-5-7-11-17(15)25-14-13-21-19(23)22-16-10-6-8-12-18(16)24-4/h5-12H,13-14H2,1-4H3,(H2,21,22,23). The minimum atomic E-state index is -0.294. The number of ether oxygens (including phenoxy) is 2. The average molecular weight is 342 g/mol. The first-order valence-corrected chi connectivity index (χ1v) is 8.32. The topological polar surface area (TPSA) is 59.6 Å². The molecule has 2 N–H and O–H groups in total. The van der Waals surface area contributed by atoms with Crippen molar-refractivity contribution in [2.45, 2.75) is 26.2 Å². The summed E-state index contributed by atoms with van der Waals surface area (Å²) in [5, 5.41) is 5.55. The van der Waals surface area contributed by atoms with Gasteiger partial charge in [0, 0.05) is 0 Å². The van der Waals surface area contributed by atoms with Gasteiger partial charge in [-0.25, -0.2) is 4.79 Å². The quantitative estimate of drug-likeness (QED) is 0.774. The molecular weight excluding hydrogens is 316 g/mol. The van der Waals surface area contributed by atoms with E-state index in [1.165, 1.54) is 0 Å². The highest BCUT2D eigenvalue weighted by Gasteiger charge is 2.18. The van der Waals surface area contributed by atoms with Crippen LogP contribution in [0, 0.1) is 0 Å². The Morgan fingerprint density at radius 2 is 1.64 bits per heavy atom. The first kappa shape index (κ1) is 18.6. The normalized spacial score (nSPS) is 10.9. The van der Waals surface area contributed by atoms with Gasteiger partial charge in [-0.3, -0.25) is 0 Å². The summed E-state index contributed by atoms with van der Waals surface area (Å²) in [6.45, 7) is 7.24. The average Bonchev–Trinajstić information content (AvgIpc) is 2.59. The maximum absolute atomic E-state index is 12.0. The molecule has 25 heavy (non-hydrogen) atoms. The van der Waals surface area contributed by atoms with Gasteiger partial charge in [0.15, 0.2) is 0 Å². The summed E-state index contributed by atoms with van der Waals surface area (Å²) < 4.78 is 11.0. The third-order valence-electron chi connectivity index (χ3n) is 3.70. The predicted octanol–water partition coefficient (Wildman–Crippen LogP) is 4.19. The summed E-state index contributed by atoms with van der Waals surface area (Å²) >= 11 is 0. The van der Waals surface area contributed by atoms with Crippen LogP contribution in [0.5, 0.6) is 11.5 Å². The Morgan fingerprint density at radius 1 is 1.00 bits per heavy atom. The van der Waals surface area contributed by atoms with Crippen LogP contribution in [0.25, 0.3) is 0 Å². The number of methoxy groups -OCH3 is 1. The fraction of sp³-hybridized carbons (Fsp3) is 0.350. The fourth-order valence-corrected chi connectivity index (χ4v) is 2.45. The lowest BCUT2D eigenvalue weighted by Crippen LogP contribution is -2.32. The van der Waals surface area contributed by atoms with Crippen molar-refractivity contribution in [3.05, 3.63) is 54.1 Å². The van der Waals surface area contributed by atoms with E-state index in [1.807, 2.05) is 30.3 Å². The molecule has 0 unspecified atom stereocenters. The molecule has 5 nitrogen and oxygen atoms in total. The van der Waals surface area contributed by atoms with Crippen molar-refractivity contribution in [1.82, 2.24) is 5.32 Å². The smallest absolute Gasteiger partial charge is 0.319 e. The first-order chi connectivity index (χ1) is 11.9. The molecule has 0 aromatic heterocycles. The molecule has 5 heteroatoms. The minimum absolute atomic E-state index is 0.00522. The van der Waals surface area contributed by atoms with Gasteiger partial charge in [0.2, 0.25) is 0 Å². The predicted molar refractivity (Wildman–Crippen MR) is 101 cm³/mol. The van der Waals surface area contributed by atoms with E-state index >= 15 is 0 Å². The van der Waals surface area contributed by atoms with Crippen LogP contribution in [0.15, 0.2) is 48.5 Å². The lowest BCUT2D eigenvalue weighted by molar-refractivity contribution is 0.246. The number of amides is 2. The van der Waals surface area contributed by atoms with Crippen molar-refractivity contribution in [3.8, 4) is 11.5 Å². The largest absolute Gasteiger partial charge is 0.495 e. The van der Waals surface area contributed by atoms with Crippen molar-refractivity contribution in [3.63, 3.8) is 0 Å². The number of anilines is 1. The van der Waals surface area contributed by atoms with Gasteiger partial charge in [0.05, 0.1) is 19.3 Å². The Labute approximate surface area is 149 Å². The number of carbonyl (C=O) groups excluding carboxylic acids is 1. The molecular formula is C20H26N2O3. The molecule has 0 saturated carbocycles. The Kier molecular flexibility index (Phi) is 6.28. The first-order valence-electron chi connectivity index (χ1n) is 8.32. The molecule has 0 aliphatic heterocycles. The molecule has 0 fully saturated rings. The van der Waals surface area contributed by atoms with E-state index in [1.54, 1.807) is 19.2 Å². The Balaban J connectivity index is 1.83. The van der Waals surface area contributed by atoms with Crippen LogP contribution in [-0.4, -0.2) is 26.3 Å². The highest BCUT2D eigenvalue weighted by Crippen LogP contribution is 2.30. The second kappa shape index (κ2) is 8.42. The zero-order chi connectivity index (χ0) is 18.3. The molecule has 0 heterocycles. The zero-order valence-electron chi connectivity index (χ0n) is 15.3. The molecule has 0 atom stereocenters. The van der Waals surface area contributed by atoms with Crippen LogP contribution >= 0.6 is 0 Å². The zero-order valence-corrected chi connectivity index (χ0v) is 15.3. The van der Waals surface area contributed by atoms with Gasteiger partial charge in [-0.2, -0.15) is 0 Å². The van der Waals surface area contributed by atoms with E-state index in [-0.39, 0.29) is 11.4 Å². The maximum Gasteiger partial charge on any atom is 0.319 e. The molecule has 0 radical (unpaired) electrons. The molecule has 0 aliphatic carbocycles. The van der Waals surface area contributed by atoms with Crippen molar-refractivity contribution < 1.29 is 14.3 Å². The molecule has 2 amide bonds. The lowest BCUT2D eigenvalue weighted by Gasteiger charge is -2.22. The number of hydrogen-bond acceptors (Lipinski definition) is 3. The van der Waals surface area contributed by atoms with E-state index in [0.29, 0.717) is 24.6 Å². The summed E-state index contributed by atoms with van der Waals surface area (Å²) in [6.07, 6.45) is 0.